The first-order chi connectivity index (χ1) is 18.3. The second-order valence-electron chi connectivity index (χ2n) is 10.7. The molecule has 1 fully saturated rings. The SMILES string of the molecule is CCCCCCCC1(OCCO)CCN(CC(C)N2c3ccccc3Sc3ccc(C(F)(F)F)cc32)CC1. The molecule has 2 aromatic carbocycles. The van der Waals surface area contributed by atoms with Gasteiger partial charge in [-0.3, -0.25) is 0 Å². The first-order valence-corrected chi connectivity index (χ1v) is 14.8. The van der Waals surface area contributed by atoms with E-state index in [0.29, 0.717) is 12.3 Å². The van der Waals surface area contributed by atoms with E-state index in [1.165, 1.54) is 49.6 Å². The molecule has 0 bridgehead atoms. The number of fused-ring (bicyclic) bond motifs is 2. The van der Waals surface area contributed by atoms with Gasteiger partial charge in [0.2, 0.25) is 0 Å². The van der Waals surface area contributed by atoms with E-state index in [-0.39, 0.29) is 18.2 Å². The molecular weight excluding hydrogens is 509 g/mol. The van der Waals surface area contributed by atoms with Gasteiger partial charge in [-0.05, 0) is 56.5 Å². The van der Waals surface area contributed by atoms with E-state index in [0.717, 1.165) is 60.8 Å². The van der Waals surface area contributed by atoms with Crippen molar-refractivity contribution in [2.24, 2.45) is 0 Å². The molecule has 1 saturated heterocycles. The third-order valence-corrected chi connectivity index (χ3v) is 8.99. The molecule has 0 radical (unpaired) electrons. The number of hydrogen-bond donors (Lipinski definition) is 1. The number of nitrogens with zero attached hydrogens (tertiary/aromatic N) is 2. The third-order valence-electron chi connectivity index (χ3n) is 7.86. The highest BCUT2D eigenvalue weighted by Crippen LogP contribution is 2.50. The fraction of sp³-hybridized carbons (Fsp3) is 0.600. The fourth-order valence-electron chi connectivity index (χ4n) is 5.81. The summed E-state index contributed by atoms with van der Waals surface area (Å²) < 4.78 is 47.1. The van der Waals surface area contributed by atoms with E-state index in [9.17, 15) is 18.3 Å². The number of para-hydroxylation sites is 1. The van der Waals surface area contributed by atoms with Crippen LogP contribution in [0.4, 0.5) is 24.5 Å². The second kappa shape index (κ2) is 13.1. The van der Waals surface area contributed by atoms with Gasteiger partial charge in [0.05, 0.1) is 35.8 Å². The first-order valence-electron chi connectivity index (χ1n) is 14.0. The van der Waals surface area contributed by atoms with Crippen molar-refractivity contribution in [2.45, 2.75) is 92.8 Å². The maximum Gasteiger partial charge on any atom is 0.416 e. The first kappa shape index (κ1) is 29.2. The highest BCUT2D eigenvalue weighted by atomic mass is 32.2. The number of ether oxygens (including phenoxy) is 1. The van der Waals surface area contributed by atoms with Crippen LogP contribution in [0, 0.1) is 0 Å². The highest BCUT2D eigenvalue weighted by Gasteiger charge is 2.37. The van der Waals surface area contributed by atoms with Gasteiger partial charge in [0.1, 0.15) is 0 Å². The van der Waals surface area contributed by atoms with Gasteiger partial charge in [0.25, 0.3) is 0 Å². The third kappa shape index (κ3) is 7.06. The molecule has 0 aliphatic carbocycles. The van der Waals surface area contributed by atoms with Crippen molar-refractivity contribution >= 4 is 23.1 Å². The van der Waals surface area contributed by atoms with E-state index in [4.69, 9.17) is 4.74 Å². The minimum Gasteiger partial charge on any atom is -0.394 e. The largest absolute Gasteiger partial charge is 0.416 e. The quantitative estimate of drug-likeness (QED) is 0.272. The lowest BCUT2D eigenvalue weighted by atomic mass is 9.85. The fourth-order valence-corrected chi connectivity index (χ4v) is 6.86. The normalized spacial score (nSPS) is 18.2. The predicted molar refractivity (Wildman–Crippen MR) is 148 cm³/mol. The predicted octanol–water partition coefficient (Wildman–Crippen LogP) is 7.90. The van der Waals surface area contributed by atoms with Crippen molar-refractivity contribution in [2.75, 3.05) is 37.7 Å². The van der Waals surface area contributed by atoms with E-state index >= 15 is 0 Å². The molecule has 1 atom stereocenters. The van der Waals surface area contributed by atoms with Gasteiger partial charge in [-0.2, -0.15) is 13.2 Å². The number of aliphatic hydroxyl groups excluding tert-OH is 1. The van der Waals surface area contributed by atoms with Crippen molar-refractivity contribution in [3.05, 3.63) is 48.0 Å². The lowest BCUT2D eigenvalue weighted by Gasteiger charge is -2.44. The van der Waals surface area contributed by atoms with E-state index < -0.39 is 11.7 Å². The van der Waals surface area contributed by atoms with Gasteiger partial charge in [0, 0.05) is 35.5 Å². The Kier molecular flexibility index (Phi) is 10.1. The summed E-state index contributed by atoms with van der Waals surface area (Å²) in [5.74, 6) is 0. The topological polar surface area (TPSA) is 35.9 Å². The zero-order valence-corrected chi connectivity index (χ0v) is 23.4. The molecule has 210 valence electrons. The lowest BCUT2D eigenvalue weighted by Crippen LogP contribution is -2.50. The number of unbranched alkanes of at least 4 members (excludes halogenated alkanes) is 4. The standard InChI is InChI=1S/C30H41F3N2O2S/c1-3-4-5-6-9-14-29(37-20-19-36)15-17-34(18-16-29)22-23(2)35-25-10-7-8-11-27(25)38-28-13-12-24(21-26(28)35)30(31,32)33/h7-8,10-13,21,23,36H,3-6,9,14-20,22H2,1-2H3. The molecule has 2 heterocycles. The molecule has 38 heavy (non-hydrogen) atoms. The van der Waals surface area contributed by atoms with Gasteiger partial charge in [0.15, 0.2) is 0 Å². The van der Waals surface area contributed by atoms with Crippen molar-refractivity contribution in [1.82, 2.24) is 4.90 Å². The summed E-state index contributed by atoms with van der Waals surface area (Å²) in [6, 6.07) is 12.0. The number of halogens is 3. The number of hydrogen-bond acceptors (Lipinski definition) is 5. The summed E-state index contributed by atoms with van der Waals surface area (Å²) >= 11 is 1.53. The maximum atomic E-state index is 13.6. The number of likely N-dealkylation sites (tertiary alicyclic amines) is 1. The Morgan fingerprint density at radius 1 is 1.00 bits per heavy atom. The van der Waals surface area contributed by atoms with Gasteiger partial charge < -0.3 is 19.6 Å². The number of alkyl halides is 3. The Morgan fingerprint density at radius 2 is 1.71 bits per heavy atom. The van der Waals surface area contributed by atoms with Crippen molar-refractivity contribution in [1.29, 1.82) is 0 Å². The minimum atomic E-state index is -4.38. The average Bonchev–Trinajstić information content (AvgIpc) is 2.90. The Hall–Kier alpha value is -1.74. The number of piperidine rings is 1. The Morgan fingerprint density at radius 3 is 2.42 bits per heavy atom. The molecule has 4 rings (SSSR count). The monoisotopic (exact) mass is 550 g/mol. The summed E-state index contributed by atoms with van der Waals surface area (Å²) in [6.07, 6.45) is 4.56. The second-order valence-corrected chi connectivity index (χ2v) is 11.8. The van der Waals surface area contributed by atoms with E-state index in [2.05, 4.69) is 23.6 Å². The van der Waals surface area contributed by atoms with Crippen molar-refractivity contribution in [3.63, 3.8) is 0 Å². The van der Waals surface area contributed by atoms with Crippen molar-refractivity contribution in [3.8, 4) is 0 Å². The van der Waals surface area contributed by atoms with Crippen LogP contribution in [-0.4, -0.2) is 54.5 Å². The van der Waals surface area contributed by atoms with Crippen LogP contribution in [0.15, 0.2) is 52.3 Å². The number of anilines is 2. The molecule has 0 aromatic heterocycles. The molecular formula is C30H41F3N2O2S. The molecule has 2 aliphatic heterocycles. The molecule has 1 unspecified atom stereocenters. The van der Waals surface area contributed by atoms with Crippen LogP contribution >= 0.6 is 11.8 Å². The van der Waals surface area contributed by atoms with Gasteiger partial charge >= 0.3 is 6.18 Å². The maximum absolute atomic E-state index is 13.6. The summed E-state index contributed by atoms with van der Waals surface area (Å²) in [5, 5.41) is 9.39. The van der Waals surface area contributed by atoms with Gasteiger partial charge in [-0.15, -0.1) is 0 Å². The molecule has 0 saturated carbocycles. The van der Waals surface area contributed by atoms with Crippen LogP contribution in [0.25, 0.3) is 0 Å². The van der Waals surface area contributed by atoms with Crippen LogP contribution in [0.3, 0.4) is 0 Å². The summed E-state index contributed by atoms with van der Waals surface area (Å²) in [5.41, 5.74) is 0.787. The molecule has 8 heteroatoms. The zero-order valence-electron chi connectivity index (χ0n) is 22.6. The molecule has 1 N–H and O–H groups in total. The summed E-state index contributed by atoms with van der Waals surface area (Å²) in [4.78, 5) is 6.42. The van der Waals surface area contributed by atoms with Crippen LogP contribution in [0.2, 0.25) is 0 Å². The van der Waals surface area contributed by atoms with E-state index in [1.54, 1.807) is 6.07 Å². The molecule has 4 nitrogen and oxygen atoms in total. The Balaban J connectivity index is 1.46. The average molecular weight is 551 g/mol. The van der Waals surface area contributed by atoms with Crippen LogP contribution < -0.4 is 4.90 Å². The van der Waals surface area contributed by atoms with Crippen LogP contribution in [-0.2, 0) is 10.9 Å². The molecule has 2 aliphatic rings. The lowest BCUT2D eigenvalue weighted by molar-refractivity contribution is -0.137. The number of rotatable bonds is 12. The smallest absolute Gasteiger partial charge is 0.394 e. The molecule has 0 amide bonds. The number of benzene rings is 2. The molecule has 0 spiro atoms. The minimum absolute atomic E-state index is 0.0146. The van der Waals surface area contributed by atoms with Crippen LogP contribution in [0.5, 0.6) is 0 Å². The highest BCUT2D eigenvalue weighted by molar-refractivity contribution is 7.99. The summed E-state index contributed by atoms with van der Waals surface area (Å²) in [6.45, 7) is 7.23. The zero-order chi connectivity index (χ0) is 27.2. The Bertz CT molecular complexity index is 1040. The van der Waals surface area contributed by atoms with E-state index in [1.807, 2.05) is 24.3 Å². The van der Waals surface area contributed by atoms with Crippen LogP contribution in [0.1, 0.15) is 70.8 Å². The van der Waals surface area contributed by atoms with Gasteiger partial charge in [-0.25, -0.2) is 0 Å². The number of aliphatic hydroxyl groups is 1. The molecule has 2 aromatic rings. The summed E-state index contributed by atoms with van der Waals surface area (Å²) in [7, 11) is 0. The van der Waals surface area contributed by atoms with Crippen molar-refractivity contribution < 1.29 is 23.0 Å². The Labute approximate surface area is 229 Å². The van der Waals surface area contributed by atoms with Gasteiger partial charge in [-0.1, -0.05) is 62.9 Å².